The molecule has 4 rings (SSSR count). The number of nitrogens with one attached hydrogen (secondary N) is 2. The van der Waals surface area contributed by atoms with E-state index >= 15 is 0 Å². The molecule has 1 amide bonds. The summed E-state index contributed by atoms with van der Waals surface area (Å²) in [6.45, 7) is -0.0826. The zero-order valence-corrected chi connectivity index (χ0v) is 17.8. The Morgan fingerprint density at radius 1 is 0.970 bits per heavy atom. The van der Waals surface area contributed by atoms with Crippen molar-refractivity contribution in [1.82, 2.24) is 5.32 Å². The first-order valence-corrected chi connectivity index (χ1v) is 10.2. The lowest BCUT2D eigenvalue weighted by Gasteiger charge is -2.14. The van der Waals surface area contributed by atoms with E-state index in [2.05, 4.69) is 10.6 Å². The van der Waals surface area contributed by atoms with Crippen LogP contribution in [0.2, 0.25) is 0 Å². The molecule has 168 valence electrons. The van der Waals surface area contributed by atoms with Gasteiger partial charge in [-0.25, -0.2) is 0 Å². The van der Waals surface area contributed by atoms with Gasteiger partial charge in [-0.3, -0.25) is 10.1 Å². The van der Waals surface area contributed by atoms with E-state index in [1.54, 1.807) is 48.5 Å². The van der Waals surface area contributed by atoms with Gasteiger partial charge < -0.3 is 14.5 Å². The number of amides is 1. The van der Waals surface area contributed by atoms with E-state index in [9.17, 15) is 18.0 Å². The van der Waals surface area contributed by atoms with Gasteiger partial charge in [-0.1, -0.05) is 42.5 Å². The predicted octanol–water partition coefficient (Wildman–Crippen LogP) is 6.16. The number of ether oxygens (including phenoxy) is 1. The van der Waals surface area contributed by atoms with Crippen LogP contribution in [0.3, 0.4) is 0 Å². The fourth-order valence-electron chi connectivity index (χ4n) is 3.11. The first-order chi connectivity index (χ1) is 15.8. The van der Waals surface area contributed by atoms with Crippen molar-refractivity contribution in [3.63, 3.8) is 0 Å². The minimum absolute atomic E-state index is 0.00979. The zero-order valence-electron chi connectivity index (χ0n) is 17.0. The second-order valence-corrected chi connectivity index (χ2v) is 7.45. The first kappa shape index (κ1) is 22.3. The smallest absolute Gasteiger partial charge is 0.416 e. The van der Waals surface area contributed by atoms with E-state index in [1.165, 1.54) is 6.07 Å². The monoisotopic (exact) mass is 470 g/mol. The number of alkyl halides is 3. The van der Waals surface area contributed by atoms with Crippen molar-refractivity contribution < 1.29 is 27.1 Å². The molecule has 2 N–H and O–H groups in total. The molecule has 0 aliphatic rings. The number of para-hydroxylation sites is 3. The van der Waals surface area contributed by atoms with Gasteiger partial charge in [0, 0.05) is 5.39 Å². The molecule has 0 aliphatic carbocycles. The maximum absolute atomic E-state index is 12.9. The Morgan fingerprint density at radius 2 is 1.73 bits per heavy atom. The fourth-order valence-corrected chi connectivity index (χ4v) is 3.31. The molecule has 1 aromatic heterocycles. The van der Waals surface area contributed by atoms with Crippen molar-refractivity contribution >= 4 is 39.9 Å². The van der Waals surface area contributed by atoms with Crippen LogP contribution in [-0.4, -0.2) is 11.0 Å². The standard InChI is InChI=1S/C24H17F3N2O3S/c25-24(26,27)17-8-5-6-15(12-17)14-31-20-11-4-2-9-18(20)28-23(33)29-22(30)21-13-16-7-1-3-10-19(16)32-21/h1-13H,14H2,(H2,28,29,30,33). The molecule has 9 heteroatoms. The van der Waals surface area contributed by atoms with Crippen LogP contribution in [0.15, 0.2) is 83.3 Å². The van der Waals surface area contributed by atoms with Gasteiger partial charge in [-0.2, -0.15) is 13.2 Å². The number of fused-ring (bicyclic) bond motifs is 1. The number of rotatable bonds is 5. The van der Waals surface area contributed by atoms with E-state index in [-0.39, 0.29) is 17.5 Å². The van der Waals surface area contributed by atoms with Crippen LogP contribution in [0, 0.1) is 0 Å². The largest absolute Gasteiger partial charge is 0.487 e. The molecule has 0 unspecified atom stereocenters. The quantitative estimate of drug-likeness (QED) is 0.342. The van der Waals surface area contributed by atoms with E-state index in [1.807, 2.05) is 12.1 Å². The minimum Gasteiger partial charge on any atom is -0.487 e. The Kier molecular flexibility index (Phi) is 6.32. The summed E-state index contributed by atoms with van der Waals surface area (Å²) in [5, 5.41) is 6.20. The molecule has 1 heterocycles. The number of halogens is 3. The van der Waals surface area contributed by atoms with Gasteiger partial charge in [-0.15, -0.1) is 0 Å². The van der Waals surface area contributed by atoms with Crippen molar-refractivity contribution in [2.24, 2.45) is 0 Å². The van der Waals surface area contributed by atoms with Gasteiger partial charge in [0.1, 0.15) is 17.9 Å². The Bertz CT molecular complexity index is 1280. The molecule has 3 aromatic carbocycles. The number of hydrogen-bond acceptors (Lipinski definition) is 4. The highest BCUT2D eigenvalue weighted by Crippen LogP contribution is 2.30. The van der Waals surface area contributed by atoms with Crippen LogP contribution in [0.25, 0.3) is 11.0 Å². The zero-order chi connectivity index (χ0) is 23.4. The lowest BCUT2D eigenvalue weighted by atomic mass is 10.1. The van der Waals surface area contributed by atoms with Gasteiger partial charge in [-0.05, 0) is 54.2 Å². The number of hydrogen-bond donors (Lipinski definition) is 2. The molecule has 0 spiro atoms. The van der Waals surface area contributed by atoms with Gasteiger partial charge in [0.25, 0.3) is 5.91 Å². The average Bonchev–Trinajstić information content (AvgIpc) is 3.23. The summed E-state index contributed by atoms with van der Waals surface area (Å²) >= 11 is 5.22. The highest BCUT2D eigenvalue weighted by molar-refractivity contribution is 7.80. The third kappa shape index (κ3) is 5.50. The molecule has 0 saturated carbocycles. The summed E-state index contributed by atoms with van der Waals surface area (Å²) in [5.74, 6) is -0.0595. The van der Waals surface area contributed by atoms with E-state index in [4.69, 9.17) is 21.4 Å². The third-order valence-corrected chi connectivity index (χ3v) is 4.86. The molecule has 0 bridgehead atoms. The molecule has 0 atom stereocenters. The number of benzene rings is 3. The molecule has 0 radical (unpaired) electrons. The molecule has 0 saturated heterocycles. The average molecular weight is 470 g/mol. The SMILES string of the molecule is O=C(NC(=S)Nc1ccccc1OCc1cccc(C(F)(F)F)c1)c1cc2ccccc2o1. The normalized spacial score (nSPS) is 11.2. The molecule has 4 aromatic rings. The van der Waals surface area contributed by atoms with Gasteiger partial charge in [0.15, 0.2) is 10.9 Å². The van der Waals surface area contributed by atoms with E-state index in [0.29, 0.717) is 22.6 Å². The Hall–Kier alpha value is -3.85. The van der Waals surface area contributed by atoms with Gasteiger partial charge in [0.05, 0.1) is 11.3 Å². The predicted molar refractivity (Wildman–Crippen MR) is 122 cm³/mol. The molecular weight excluding hydrogens is 453 g/mol. The lowest BCUT2D eigenvalue weighted by Crippen LogP contribution is -2.34. The van der Waals surface area contributed by atoms with E-state index < -0.39 is 17.6 Å². The molecular formula is C24H17F3N2O3S. The Morgan fingerprint density at radius 3 is 2.52 bits per heavy atom. The van der Waals surface area contributed by atoms with Crippen molar-refractivity contribution in [2.45, 2.75) is 12.8 Å². The number of carbonyl (C=O) groups is 1. The van der Waals surface area contributed by atoms with Crippen LogP contribution < -0.4 is 15.4 Å². The highest BCUT2D eigenvalue weighted by Gasteiger charge is 2.30. The van der Waals surface area contributed by atoms with Crippen molar-refractivity contribution in [3.05, 3.63) is 95.7 Å². The van der Waals surface area contributed by atoms with E-state index in [0.717, 1.165) is 17.5 Å². The Labute approximate surface area is 192 Å². The maximum Gasteiger partial charge on any atom is 0.416 e. The number of furan rings is 1. The van der Waals surface area contributed by atoms with Crippen LogP contribution >= 0.6 is 12.2 Å². The maximum atomic E-state index is 12.9. The summed E-state index contributed by atoms with van der Waals surface area (Å²) in [4.78, 5) is 12.5. The summed E-state index contributed by atoms with van der Waals surface area (Å²) in [6, 6.07) is 20.5. The van der Waals surface area contributed by atoms with Gasteiger partial charge >= 0.3 is 6.18 Å². The molecule has 33 heavy (non-hydrogen) atoms. The summed E-state index contributed by atoms with van der Waals surface area (Å²) in [5.41, 5.74) is 0.638. The highest BCUT2D eigenvalue weighted by atomic mass is 32.1. The summed E-state index contributed by atoms with van der Waals surface area (Å²) < 4.78 is 50.0. The van der Waals surface area contributed by atoms with Crippen LogP contribution in [0.1, 0.15) is 21.7 Å². The van der Waals surface area contributed by atoms with Crippen LogP contribution in [0.4, 0.5) is 18.9 Å². The van der Waals surface area contributed by atoms with Crippen molar-refractivity contribution in [3.8, 4) is 5.75 Å². The number of carbonyl (C=O) groups excluding carboxylic acids is 1. The topological polar surface area (TPSA) is 63.5 Å². The minimum atomic E-state index is -4.43. The van der Waals surface area contributed by atoms with Crippen molar-refractivity contribution in [2.75, 3.05) is 5.32 Å². The van der Waals surface area contributed by atoms with Crippen molar-refractivity contribution in [1.29, 1.82) is 0 Å². The number of anilines is 1. The second-order valence-electron chi connectivity index (χ2n) is 7.04. The lowest BCUT2D eigenvalue weighted by molar-refractivity contribution is -0.137. The molecule has 5 nitrogen and oxygen atoms in total. The first-order valence-electron chi connectivity index (χ1n) is 9.78. The van der Waals surface area contributed by atoms with Crippen LogP contribution in [-0.2, 0) is 12.8 Å². The summed E-state index contributed by atoms with van der Waals surface area (Å²) in [7, 11) is 0. The Balaban J connectivity index is 1.41. The third-order valence-electron chi connectivity index (χ3n) is 4.66. The van der Waals surface area contributed by atoms with Gasteiger partial charge in [0.2, 0.25) is 0 Å². The number of thiocarbonyl (C=S) groups is 1. The molecule has 0 fully saturated rings. The van der Waals surface area contributed by atoms with Crippen LogP contribution in [0.5, 0.6) is 5.75 Å². The molecule has 0 aliphatic heterocycles. The summed E-state index contributed by atoms with van der Waals surface area (Å²) in [6.07, 6.45) is -4.43. The fraction of sp³-hybridized carbons (Fsp3) is 0.0833. The second kappa shape index (κ2) is 9.33.